The SMILES string of the molecule is N.N.O=P([O-])(O)O.O=P([O-])([O-])[O-].[C+4]. The van der Waals surface area contributed by atoms with Crippen molar-refractivity contribution in [1.29, 1.82) is 0 Å². The molecule has 0 fully saturated rings. The van der Waals surface area contributed by atoms with Crippen LogP contribution in [0.25, 0.3) is 0 Å². The van der Waals surface area contributed by atoms with E-state index in [9.17, 15) is 0 Å². The Labute approximate surface area is 74.9 Å². The summed E-state index contributed by atoms with van der Waals surface area (Å²) >= 11 is 0. The van der Waals surface area contributed by atoms with Crippen molar-refractivity contribution in [2.75, 3.05) is 0 Å². The van der Waals surface area contributed by atoms with Crippen LogP contribution in [0.4, 0.5) is 0 Å². The Bertz CT molecular complexity index is 132. The van der Waals surface area contributed by atoms with Gasteiger partial charge in [-0.1, -0.05) is 0 Å². The Hall–Kier alpha value is 0.140. The van der Waals surface area contributed by atoms with E-state index in [2.05, 4.69) is 0 Å². The Morgan fingerprint density at radius 3 is 0.846 bits per heavy atom. The van der Waals surface area contributed by atoms with Gasteiger partial charge in [0.15, 0.2) is 0 Å². The summed E-state index contributed by atoms with van der Waals surface area (Å²) in [6.07, 6.45) is 0. The number of hydrogen-bond donors (Lipinski definition) is 4. The van der Waals surface area contributed by atoms with Gasteiger partial charge in [0.1, 0.15) is 0 Å². The quantitative estimate of drug-likeness (QED) is 0.298. The molecule has 0 aliphatic rings. The average molecular weight is 238 g/mol. The summed E-state index contributed by atoms with van der Waals surface area (Å²) in [6, 6.07) is 0. The van der Waals surface area contributed by atoms with Gasteiger partial charge in [0.05, 0.1) is 0 Å². The Morgan fingerprint density at radius 1 is 0.846 bits per heavy atom. The molecule has 0 aromatic heterocycles. The van der Waals surface area contributed by atoms with Gasteiger partial charge in [-0.2, -0.15) is 7.82 Å². The molecular weight excluding hydrogens is 230 g/mol. The molecule has 0 rings (SSSR count). The number of rotatable bonds is 0. The fourth-order valence-electron chi connectivity index (χ4n) is 0. The molecule has 13 heavy (non-hydrogen) atoms. The van der Waals surface area contributed by atoms with Gasteiger partial charge in [0, 0.05) is 0 Å². The summed E-state index contributed by atoms with van der Waals surface area (Å²) in [6.45, 7) is 0. The molecule has 0 saturated heterocycles. The Morgan fingerprint density at radius 2 is 0.846 bits per heavy atom. The fourth-order valence-corrected chi connectivity index (χ4v) is 0. The van der Waals surface area contributed by atoms with E-state index in [0.29, 0.717) is 0 Å². The van der Waals surface area contributed by atoms with Crippen LogP contribution in [-0.2, 0) is 9.13 Å². The summed E-state index contributed by atoms with van der Waals surface area (Å²) in [7, 11) is -10.3. The van der Waals surface area contributed by atoms with Crippen LogP contribution < -0.4 is 31.9 Å². The summed E-state index contributed by atoms with van der Waals surface area (Å²) in [5.41, 5.74) is 0. The summed E-state index contributed by atoms with van der Waals surface area (Å²) < 4.78 is 17.3. The summed E-state index contributed by atoms with van der Waals surface area (Å²) in [4.78, 5) is 48.6. The third-order valence-corrected chi connectivity index (χ3v) is 0. The van der Waals surface area contributed by atoms with Crippen LogP contribution in [0.1, 0.15) is 0 Å². The molecule has 0 spiro atoms. The predicted octanol–water partition coefficient (Wildman–Crippen LogP) is -3.98. The molecular formula is CH8N2O8P2. The van der Waals surface area contributed by atoms with Crippen molar-refractivity contribution >= 4 is 15.6 Å². The van der Waals surface area contributed by atoms with E-state index in [0.717, 1.165) is 0 Å². The molecule has 0 bridgehead atoms. The zero-order valence-electron chi connectivity index (χ0n) is 6.15. The van der Waals surface area contributed by atoms with Crippen molar-refractivity contribution in [1.82, 2.24) is 12.3 Å². The maximum atomic E-state index is 8.77. The first-order valence-electron chi connectivity index (χ1n) is 1.50. The fraction of sp³-hybridized carbons (Fsp3) is 0. The topological polar surface area (TPSA) is 237 Å². The van der Waals surface area contributed by atoms with Gasteiger partial charge in [-0.05, 0) is 0 Å². The first-order chi connectivity index (χ1) is 4.00. The largest absolute Gasteiger partial charge is 4.00 e. The molecule has 0 unspecified atom stereocenters. The Balaban J connectivity index is -0.0000000267. The number of phosphoric acid groups is 2. The molecule has 0 aliphatic carbocycles. The van der Waals surface area contributed by atoms with E-state index in [1.807, 2.05) is 0 Å². The van der Waals surface area contributed by atoms with Crippen LogP contribution in [0.3, 0.4) is 0 Å². The molecule has 0 radical (unpaired) electrons. The minimum Gasteiger partial charge on any atom is -0.822 e. The smallest absolute Gasteiger partial charge is 0.822 e. The third-order valence-electron chi connectivity index (χ3n) is 0. The minimum atomic E-state index is -5.39. The van der Waals surface area contributed by atoms with Gasteiger partial charge in [0.25, 0.3) is 7.82 Å². The van der Waals surface area contributed by atoms with Crippen LogP contribution in [-0.4, -0.2) is 9.79 Å². The zero-order chi connectivity index (χ0) is 9.00. The monoisotopic (exact) mass is 238 g/mol. The average Bonchev–Trinajstić information content (AvgIpc) is 1.12. The third kappa shape index (κ3) is 63700. The van der Waals surface area contributed by atoms with Crippen LogP contribution in [0.15, 0.2) is 0 Å². The first-order valence-corrected chi connectivity index (χ1v) is 4.49. The molecule has 12 heteroatoms. The second kappa shape index (κ2) is 10.2. The van der Waals surface area contributed by atoms with E-state index >= 15 is 0 Å². The van der Waals surface area contributed by atoms with E-state index in [1.54, 1.807) is 0 Å². The molecule has 80 valence electrons. The molecule has 0 aromatic rings. The van der Waals surface area contributed by atoms with Crippen molar-refractivity contribution in [3.05, 3.63) is 7.43 Å². The molecule has 10 nitrogen and oxygen atoms in total. The van der Waals surface area contributed by atoms with Crippen LogP contribution in [0, 0.1) is 7.43 Å². The number of hydrogen-bond acceptors (Lipinski definition) is 8. The second-order valence-corrected chi connectivity index (χ2v) is 2.81. The maximum absolute atomic E-state index is 8.77. The van der Waals surface area contributed by atoms with Crippen LogP contribution in [0.5, 0.6) is 0 Å². The molecule has 0 aliphatic heterocycles. The van der Waals surface area contributed by atoms with Gasteiger partial charge in [-0.25, -0.2) is 0 Å². The molecule has 0 aromatic carbocycles. The van der Waals surface area contributed by atoms with E-state index in [-0.39, 0.29) is 19.7 Å². The van der Waals surface area contributed by atoms with Crippen LogP contribution >= 0.6 is 15.6 Å². The van der Waals surface area contributed by atoms with Gasteiger partial charge >= 0.3 is 7.43 Å². The van der Waals surface area contributed by atoms with Crippen molar-refractivity contribution in [2.45, 2.75) is 0 Å². The van der Waals surface area contributed by atoms with Crippen molar-refractivity contribution in [3.63, 3.8) is 0 Å². The standard InChI is InChI=1S/C.2H3N.2H3O4P/c;;;2*1-5(2,3)4/h;2*1H3;2*(H3,1,2,3,4)/q+4;;;;/p-4. The summed E-state index contributed by atoms with van der Waals surface area (Å²) in [5, 5.41) is 0. The van der Waals surface area contributed by atoms with Gasteiger partial charge in [-0.15, -0.1) is 0 Å². The van der Waals surface area contributed by atoms with E-state index in [1.165, 1.54) is 0 Å². The molecule has 0 amide bonds. The Kier molecular flexibility index (Phi) is 23.0. The molecule has 0 saturated carbocycles. The van der Waals surface area contributed by atoms with Gasteiger partial charge < -0.3 is 46.2 Å². The minimum absolute atomic E-state index is 0. The molecule has 8 N–H and O–H groups in total. The first kappa shape index (κ1) is 29.2. The van der Waals surface area contributed by atoms with Crippen molar-refractivity contribution in [2.24, 2.45) is 0 Å². The summed E-state index contributed by atoms with van der Waals surface area (Å²) in [5.74, 6) is 0. The predicted molar refractivity (Wildman–Crippen MR) is 32.9 cm³/mol. The van der Waals surface area contributed by atoms with Gasteiger partial charge in [-0.3, -0.25) is 4.57 Å². The normalized spacial score (nSPS) is 9.08. The van der Waals surface area contributed by atoms with Crippen molar-refractivity contribution < 1.29 is 38.5 Å². The zero-order valence-corrected chi connectivity index (χ0v) is 7.94. The van der Waals surface area contributed by atoms with E-state index in [4.69, 9.17) is 38.5 Å². The maximum Gasteiger partial charge on any atom is 4.00 e. The van der Waals surface area contributed by atoms with E-state index < -0.39 is 15.6 Å². The molecule has 0 atom stereocenters. The van der Waals surface area contributed by atoms with Crippen LogP contribution in [0.2, 0.25) is 0 Å². The van der Waals surface area contributed by atoms with Gasteiger partial charge in [0.2, 0.25) is 0 Å². The van der Waals surface area contributed by atoms with Crippen molar-refractivity contribution in [3.8, 4) is 0 Å². The second-order valence-electron chi connectivity index (χ2n) is 0.938. The molecule has 0 heterocycles.